The molecule has 1 aliphatic heterocycles. The SMILES string of the molecule is CN1CCSCC1C(O)c1cccc(C2CCC2)c1. The summed E-state index contributed by atoms with van der Waals surface area (Å²) in [6.45, 7) is 1.08. The first-order chi connectivity index (χ1) is 9.25. The zero-order chi connectivity index (χ0) is 13.2. The molecule has 1 saturated carbocycles. The second-order valence-electron chi connectivity index (χ2n) is 5.87. The van der Waals surface area contributed by atoms with E-state index < -0.39 is 0 Å². The largest absolute Gasteiger partial charge is 0.387 e. The van der Waals surface area contributed by atoms with E-state index in [2.05, 4.69) is 36.2 Å². The van der Waals surface area contributed by atoms with E-state index in [-0.39, 0.29) is 12.1 Å². The van der Waals surface area contributed by atoms with Crippen molar-refractivity contribution in [3.8, 4) is 0 Å². The standard InChI is InChI=1S/C16H23NOS/c1-17-8-9-19-11-15(17)16(18)14-7-3-6-13(10-14)12-4-2-5-12/h3,6-7,10,12,15-16,18H,2,4-5,8-9,11H2,1H3. The van der Waals surface area contributed by atoms with E-state index in [1.807, 2.05) is 11.8 Å². The fourth-order valence-electron chi connectivity index (χ4n) is 3.00. The van der Waals surface area contributed by atoms with E-state index >= 15 is 0 Å². The number of hydrogen-bond donors (Lipinski definition) is 1. The molecule has 1 aliphatic carbocycles. The average Bonchev–Trinajstić information content (AvgIpc) is 2.37. The summed E-state index contributed by atoms with van der Waals surface area (Å²) in [5.41, 5.74) is 2.53. The summed E-state index contributed by atoms with van der Waals surface area (Å²) in [4.78, 5) is 2.30. The second kappa shape index (κ2) is 5.86. The summed E-state index contributed by atoms with van der Waals surface area (Å²) in [5.74, 6) is 2.96. The molecule has 1 N–H and O–H groups in total. The smallest absolute Gasteiger partial charge is 0.0953 e. The molecule has 1 aromatic rings. The van der Waals surface area contributed by atoms with Gasteiger partial charge in [-0.15, -0.1) is 0 Å². The van der Waals surface area contributed by atoms with Gasteiger partial charge in [0.2, 0.25) is 0 Å². The molecular formula is C16H23NOS. The highest BCUT2D eigenvalue weighted by atomic mass is 32.2. The molecule has 2 nitrogen and oxygen atoms in total. The van der Waals surface area contributed by atoms with Crippen molar-refractivity contribution in [2.45, 2.75) is 37.3 Å². The minimum atomic E-state index is -0.349. The first kappa shape index (κ1) is 13.5. The van der Waals surface area contributed by atoms with Gasteiger partial charge in [-0.2, -0.15) is 11.8 Å². The number of nitrogens with zero attached hydrogens (tertiary/aromatic N) is 1. The summed E-state index contributed by atoms with van der Waals surface area (Å²) < 4.78 is 0. The van der Waals surface area contributed by atoms with Crippen molar-refractivity contribution in [3.63, 3.8) is 0 Å². The van der Waals surface area contributed by atoms with Gasteiger partial charge in [0.25, 0.3) is 0 Å². The van der Waals surface area contributed by atoms with Gasteiger partial charge in [-0.05, 0) is 36.9 Å². The van der Waals surface area contributed by atoms with Crippen molar-refractivity contribution in [1.82, 2.24) is 4.90 Å². The Balaban J connectivity index is 1.76. The minimum Gasteiger partial charge on any atom is -0.387 e. The van der Waals surface area contributed by atoms with Crippen LogP contribution in [0.4, 0.5) is 0 Å². The second-order valence-corrected chi connectivity index (χ2v) is 7.02. The molecule has 0 spiro atoms. The number of likely N-dealkylation sites (N-methyl/N-ethyl adjacent to an activating group) is 1. The van der Waals surface area contributed by atoms with Crippen molar-refractivity contribution < 1.29 is 5.11 Å². The molecule has 1 aromatic carbocycles. The van der Waals surface area contributed by atoms with Gasteiger partial charge in [0.15, 0.2) is 0 Å². The number of benzene rings is 1. The highest BCUT2D eigenvalue weighted by Crippen LogP contribution is 2.37. The molecule has 2 aliphatic rings. The molecule has 3 rings (SSSR count). The van der Waals surface area contributed by atoms with Crippen molar-refractivity contribution >= 4 is 11.8 Å². The number of rotatable bonds is 3. The molecule has 0 radical (unpaired) electrons. The highest BCUT2D eigenvalue weighted by Gasteiger charge is 2.28. The van der Waals surface area contributed by atoms with E-state index in [1.165, 1.54) is 30.6 Å². The monoisotopic (exact) mass is 277 g/mol. The van der Waals surface area contributed by atoms with Crippen molar-refractivity contribution in [2.75, 3.05) is 25.1 Å². The fourth-order valence-corrected chi connectivity index (χ4v) is 4.26. The van der Waals surface area contributed by atoms with Gasteiger partial charge in [0.05, 0.1) is 6.10 Å². The predicted molar refractivity (Wildman–Crippen MR) is 81.7 cm³/mol. The number of hydrogen-bond acceptors (Lipinski definition) is 3. The molecule has 2 fully saturated rings. The Morgan fingerprint density at radius 1 is 1.37 bits per heavy atom. The normalized spacial score (nSPS) is 26.9. The topological polar surface area (TPSA) is 23.5 Å². The lowest BCUT2D eigenvalue weighted by atomic mass is 9.79. The number of thioether (sulfide) groups is 1. The third-order valence-corrected chi connectivity index (χ3v) is 5.68. The molecule has 1 saturated heterocycles. The van der Waals surface area contributed by atoms with Gasteiger partial charge in [-0.3, -0.25) is 4.90 Å². The van der Waals surface area contributed by atoms with E-state index in [0.717, 1.165) is 23.8 Å². The van der Waals surface area contributed by atoms with Crippen molar-refractivity contribution in [1.29, 1.82) is 0 Å². The first-order valence-corrected chi connectivity index (χ1v) is 8.47. The average molecular weight is 277 g/mol. The van der Waals surface area contributed by atoms with Crippen LogP contribution in [0.25, 0.3) is 0 Å². The van der Waals surface area contributed by atoms with Gasteiger partial charge in [-0.25, -0.2) is 0 Å². The molecular weight excluding hydrogens is 254 g/mol. The summed E-state index contributed by atoms with van der Waals surface area (Å²) in [5, 5.41) is 10.7. The molecule has 2 atom stereocenters. The molecule has 104 valence electrons. The summed E-state index contributed by atoms with van der Waals surface area (Å²) in [7, 11) is 2.13. The lowest BCUT2D eigenvalue weighted by Crippen LogP contribution is -2.43. The van der Waals surface area contributed by atoms with Crippen LogP contribution in [0.2, 0.25) is 0 Å². The number of aliphatic hydroxyl groups excluding tert-OH is 1. The van der Waals surface area contributed by atoms with Crippen molar-refractivity contribution in [2.24, 2.45) is 0 Å². The summed E-state index contributed by atoms with van der Waals surface area (Å²) in [6.07, 6.45) is 3.65. The van der Waals surface area contributed by atoms with Crippen molar-refractivity contribution in [3.05, 3.63) is 35.4 Å². The van der Waals surface area contributed by atoms with Gasteiger partial charge in [0, 0.05) is 24.1 Å². The van der Waals surface area contributed by atoms with Crippen LogP contribution in [-0.2, 0) is 0 Å². The zero-order valence-corrected chi connectivity index (χ0v) is 12.4. The zero-order valence-electron chi connectivity index (χ0n) is 11.6. The maximum atomic E-state index is 10.7. The van der Waals surface area contributed by atoms with Crippen LogP contribution in [0.1, 0.15) is 42.4 Å². The van der Waals surface area contributed by atoms with Crippen LogP contribution in [0, 0.1) is 0 Å². The predicted octanol–water partition coefficient (Wildman–Crippen LogP) is 3.03. The third kappa shape index (κ3) is 2.83. The summed E-state index contributed by atoms with van der Waals surface area (Å²) in [6, 6.07) is 8.92. The van der Waals surface area contributed by atoms with Gasteiger partial charge in [-0.1, -0.05) is 30.7 Å². The molecule has 19 heavy (non-hydrogen) atoms. The first-order valence-electron chi connectivity index (χ1n) is 7.31. The van der Waals surface area contributed by atoms with Crippen LogP contribution in [0.15, 0.2) is 24.3 Å². The Morgan fingerprint density at radius 3 is 2.89 bits per heavy atom. The Hall–Kier alpha value is -0.510. The molecule has 3 heteroatoms. The maximum Gasteiger partial charge on any atom is 0.0953 e. The van der Waals surface area contributed by atoms with Crippen LogP contribution in [-0.4, -0.2) is 41.1 Å². The quantitative estimate of drug-likeness (QED) is 0.918. The third-order valence-electron chi connectivity index (χ3n) is 4.64. The molecule has 0 bridgehead atoms. The fraction of sp³-hybridized carbons (Fsp3) is 0.625. The van der Waals surface area contributed by atoms with Gasteiger partial charge < -0.3 is 5.11 Å². The molecule has 0 aromatic heterocycles. The lowest BCUT2D eigenvalue weighted by molar-refractivity contribution is 0.0757. The van der Waals surface area contributed by atoms with Crippen LogP contribution in [0.5, 0.6) is 0 Å². The maximum absolute atomic E-state index is 10.7. The van der Waals surface area contributed by atoms with E-state index in [9.17, 15) is 5.11 Å². The Kier molecular flexibility index (Phi) is 4.15. The van der Waals surface area contributed by atoms with Crippen LogP contribution < -0.4 is 0 Å². The number of aliphatic hydroxyl groups is 1. The Morgan fingerprint density at radius 2 is 2.21 bits per heavy atom. The highest BCUT2D eigenvalue weighted by molar-refractivity contribution is 7.99. The van der Waals surface area contributed by atoms with Gasteiger partial charge >= 0.3 is 0 Å². The van der Waals surface area contributed by atoms with E-state index in [1.54, 1.807) is 0 Å². The van der Waals surface area contributed by atoms with E-state index in [0.29, 0.717) is 0 Å². The Bertz CT molecular complexity index is 433. The lowest BCUT2D eigenvalue weighted by Gasteiger charge is -2.36. The minimum absolute atomic E-state index is 0.260. The Labute approximate surface area is 120 Å². The molecule has 2 unspecified atom stereocenters. The van der Waals surface area contributed by atoms with Crippen LogP contribution in [0.3, 0.4) is 0 Å². The van der Waals surface area contributed by atoms with Crippen LogP contribution >= 0.6 is 11.8 Å². The molecule has 0 amide bonds. The summed E-state index contributed by atoms with van der Waals surface area (Å²) >= 11 is 1.95. The van der Waals surface area contributed by atoms with E-state index in [4.69, 9.17) is 0 Å². The molecule has 1 heterocycles. The van der Waals surface area contributed by atoms with Gasteiger partial charge in [0.1, 0.15) is 0 Å².